The van der Waals surface area contributed by atoms with Crippen LogP contribution in [0.4, 0.5) is 0 Å². The number of benzene rings is 2. The largest absolute Gasteiger partial charge is 0.495 e. The van der Waals surface area contributed by atoms with Crippen LogP contribution < -0.4 is 4.74 Å². The molecule has 2 aromatic carbocycles. The minimum atomic E-state index is -0.578. The van der Waals surface area contributed by atoms with Crippen molar-refractivity contribution in [1.82, 2.24) is 0 Å². The zero-order valence-corrected chi connectivity index (χ0v) is 12.5. The summed E-state index contributed by atoms with van der Waals surface area (Å²) in [6.07, 6.45) is 0.278. The van der Waals surface area contributed by atoms with Crippen LogP contribution in [0.3, 0.4) is 0 Å². The van der Waals surface area contributed by atoms with Crippen molar-refractivity contribution in [3.05, 3.63) is 64.7 Å². The smallest absolute Gasteiger partial charge is 0.137 e. The highest BCUT2D eigenvalue weighted by atomic mass is 35.5. The van der Waals surface area contributed by atoms with Gasteiger partial charge >= 0.3 is 0 Å². The van der Waals surface area contributed by atoms with E-state index in [4.69, 9.17) is 16.3 Å². The van der Waals surface area contributed by atoms with Crippen molar-refractivity contribution < 1.29 is 9.84 Å². The summed E-state index contributed by atoms with van der Waals surface area (Å²) in [7, 11) is 1.58. The van der Waals surface area contributed by atoms with Crippen LogP contribution in [0.15, 0.2) is 48.5 Å². The normalized spacial score (nSPS) is 13.8. The molecule has 2 nitrogen and oxygen atoms in total. The molecule has 0 aliphatic heterocycles. The van der Waals surface area contributed by atoms with Gasteiger partial charge in [-0.25, -0.2) is 0 Å². The summed E-state index contributed by atoms with van der Waals surface area (Å²) in [5, 5.41) is 11.1. The van der Waals surface area contributed by atoms with Crippen LogP contribution in [-0.4, -0.2) is 12.2 Å². The van der Waals surface area contributed by atoms with Crippen molar-refractivity contribution in [2.45, 2.75) is 25.4 Å². The van der Waals surface area contributed by atoms with E-state index in [1.54, 1.807) is 19.2 Å². The molecule has 0 aliphatic carbocycles. The van der Waals surface area contributed by atoms with Gasteiger partial charge in [0.15, 0.2) is 0 Å². The van der Waals surface area contributed by atoms with Crippen LogP contribution >= 0.6 is 11.6 Å². The van der Waals surface area contributed by atoms with Gasteiger partial charge in [0.2, 0.25) is 0 Å². The first-order chi connectivity index (χ1) is 9.67. The summed E-state index contributed by atoms with van der Waals surface area (Å²) in [5.74, 6) is 0.677. The van der Waals surface area contributed by atoms with E-state index in [1.807, 2.05) is 36.4 Å². The molecule has 1 N–H and O–H groups in total. The molecule has 0 heterocycles. The third kappa shape index (κ3) is 3.14. The molecule has 0 radical (unpaired) electrons. The summed E-state index contributed by atoms with van der Waals surface area (Å²) < 4.78 is 5.14. The fraction of sp³-hybridized carbons (Fsp3) is 0.294. The molecule has 0 aromatic heterocycles. The maximum atomic E-state index is 10.6. The maximum Gasteiger partial charge on any atom is 0.137 e. The zero-order chi connectivity index (χ0) is 14.5. The van der Waals surface area contributed by atoms with Crippen LogP contribution in [-0.2, 0) is 0 Å². The van der Waals surface area contributed by atoms with Crippen molar-refractivity contribution in [3.63, 3.8) is 0 Å². The van der Waals surface area contributed by atoms with Crippen LogP contribution in [0, 0.1) is 0 Å². The van der Waals surface area contributed by atoms with Crippen LogP contribution in [0.5, 0.6) is 5.75 Å². The Morgan fingerprint density at radius 3 is 2.35 bits per heavy atom. The zero-order valence-electron chi connectivity index (χ0n) is 11.7. The lowest BCUT2D eigenvalue weighted by Gasteiger charge is -2.23. The number of methoxy groups -OCH3 is 1. The predicted octanol–water partition coefficient (Wildman–Crippen LogP) is 4.58. The topological polar surface area (TPSA) is 29.5 Å². The Balaban J connectivity index is 2.29. The maximum absolute atomic E-state index is 10.6. The molecule has 0 aliphatic rings. The van der Waals surface area contributed by atoms with E-state index >= 15 is 0 Å². The van der Waals surface area contributed by atoms with Gasteiger partial charge in [-0.3, -0.25) is 0 Å². The lowest BCUT2D eigenvalue weighted by atomic mass is 9.87. The summed E-state index contributed by atoms with van der Waals surface area (Å²) in [4.78, 5) is 0. The Bertz CT molecular complexity index is 554. The Kier molecular flexibility index (Phi) is 5.05. The average molecular weight is 291 g/mol. The summed E-state index contributed by atoms with van der Waals surface area (Å²) in [6.45, 7) is 2.08. The van der Waals surface area contributed by atoms with Crippen LogP contribution in [0.2, 0.25) is 5.02 Å². The minimum Gasteiger partial charge on any atom is -0.495 e. The number of hydrogen-bond donors (Lipinski definition) is 1. The molecule has 0 spiro atoms. The third-order valence-electron chi connectivity index (χ3n) is 3.57. The number of rotatable bonds is 5. The molecule has 2 aromatic rings. The second kappa shape index (κ2) is 6.78. The van der Waals surface area contributed by atoms with E-state index in [-0.39, 0.29) is 5.92 Å². The average Bonchev–Trinajstić information content (AvgIpc) is 2.49. The highest BCUT2D eigenvalue weighted by Gasteiger charge is 2.21. The lowest BCUT2D eigenvalue weighted by Crippen LogP contribution is -2.10. The Hall–Kier alpha value is -1.51. The van der Waals surface area contributed by atoms with Crippen molar-refractivity contribution in [2.24, 2.45) is 0 Å². The summed E-state index contributed by atoms with van der Waals surface area (Å²) in [6, 6.07) is 15.5. The van der Waals surface area contributed by atoms with Gasteiger partial charge in [0.05, 0.1) is 18.2 Å². The molecule has 106 valence electrons. The number of hydrogen-bond acceptors (Lipinski definition) is 2. The highest BCUT2D eigenvalue weighted by molar-refractivity contribution is 6.32. The van der Waals surface area contributed by atoms with Crippen LogP contribution in [0.25, 0.3) is 0 Å². The Morgan fingerprint density at radius 2 is 1.80 bits per heavy atom. The van der Waals surface area contributed by atoms with Crippen molar-refractivity contribution in [2.75, 3.05) is 7.11 Å². The van der Waals surface area contributed by atoms with Gasteiger partial charge in [0.25, 0.3) is 0 Å². The van der Waals surface area contributed by atoms with E-state index < -0.39 is 6.10 Å². The molecular weight excluding hydrogens is 272 g/mol. The standard InChI is InChI=1S/C17H19ClO2/c1-3-14(12-7-5-4-6-8-12)17(19)13-9-10-16(20-2)15(18)11-13/h4-11,14,17,19H,3H2,1-2H3. The van der Waals surface area contributed by atoms with E-state index in [2.05, 4.69) is 6.92 Å². The van der Waals surface area contributed by atoms with Crippen molar-refractivity contribution >= 4 is 11.6 Å². The predicted molar refractivity (Wildman–Crippen MR) is 82.4 cm³/mol. The number of ether oxygens (including phenoxy) is 1. The fourth-order valence-corrected chi connectivity index (χ4v) is 2.71. The highest BCUT2D eigenvalue weighted by Crippen LogP contribution is 2.36. The lowest BCUT2D eigenvalue weighted by molar-refractivity contribution is 0.142. The SMILES string of the molecule is CCC(c1ccccc1)C(O)c1ccc(OC)c(Cl)c1. The monoisotopic (exact) mass is 290 g/mol. The van der Waals surface area contributed by atoms with Gasteiger partial charge in [0.1, 0.15) is 5.75 Å². The molecular formula is C17H19ClO2. The molecule has 2 atom stereocenters. The minimum absolute atomic E-state index is 0.0562. The number of halogens is 1. The van der Waals surface area contributed by atoms with Gasteiger partial charge in [-0.2, -0.15) is 0 Å². The summed E-state index contributed by atoms with van der Waals surface area (Å²) >= 11 is 6.13. The molecule has 0 fully saturated rings. The third-order valence-corrected chi connectivity index (χ3v) is 3.86. The second-order valence-electron chi connectivity index (χ2n) is 4.76. The fourth-order valence-electron chi connectivity index (χ4n) is 2.44. The molecule has 0 saturated heterocycles. The molecule has 20 heavy (non-hydrogen) atoms. The van der Waals surface area contributed by atoms with Gasteiger partial charge in [-0.15, -0.1) is 0 Å². The molecule has 3 heteroatoms. The van der Waals surface area contributed by atoms with E-state index in [1.165, 1.54) is 0 Å². The van der Waals surface area contributed by atoms with Crippen molar-refractivity contribution in [1.29, 1.82) is 0 Å². The molecule has 2 unspecified atom stereocenters. The first-order valence-electron chi connectivity index (χ1n) is 6.73. The Labute approximate surface area is 125 Å². The van der Waals surface area contributed by atoms with E-state index in [9.17, 15) is 5.11 Å². The molecule has 0 bridgehead atoms. The second-order valence-corrected chi connectivity index (χ2v) is 5.17. The quantitative estimate of drug-likeness (QED) is 0.873. The first kappa shape index (κ1) is 14.9. The Morgan fingerprint density at radius 1 is 1.10 bits per heavy atom. The number of aliphatic hydroxyl groups is 1. The van der Waals surface area contributed by atoms with Crippen molar-refractivity contribution in [3.8, 4) is 5.75 Å². The van der Waals surface area contributed by atoms with Crippen LogP contribution in [0.1, 0.15) is 36.5 Å². The summed E-state index contributed by atoms with van der Waals surface area (Å²) in [5.41, 5.74) is 1.95. The number of aliphatic hydroxyl groups excluding tert-OH is 1. The van der Waals surface area contributed by atoms with Gasteiger partial charge in [0, 0.05) is 5.92 Å². The van der Waals surface area contributed by atoms with Gasteiger partial charge in [-0.1, -0.05) is 54.9 Å². The van der Waals surface area contributed by atoms with E-state index in [0.717, 1.165) is 17.5 Å². The molecule has 0 saturated carbocycles. The van der Waals surface area contributed by atoms with Gasteiger partial charge in [-0.05, 0) is 29.7 Å². The van der Waals surface area contributed by atoms with E-state index in [0.29, 0.717) is 10.8 Å². The first-order valence-corrected chi connectivity index (χ1v) is 7.11. The van der Waals surface area contributed by atoms with Gasteiger partial charge < -0.3 is 9.84 Å². The molecule has 0 amide bonds. The molecule has 2 rings (SSSR count).